The zero-order valence-electron chi connectivity index (χ0n) is 11.0. The van der Waals surface area contributed by atoms with Gasteiger partial charge in [0.15, 0.2) is 0 Å². The van der Waals surface area contributed by atoms with E-state index in [1.165, 1.54) is 17.7 Å². The SMILES string of the molecule is CCc1ccc(C2(O)CCc3cc(F)ccc32)cc1. The average molecular weight is 256 g/mol. The first kappa shape index (κ1) is 12.4. The molecule has 0 saturated heterocycles. The van der Waals surface area contributed by atoms with Gasteiger partial charge < -0.3 is 5.11 Å². The summed E-state index contributed by atoms with van der Waals surface area (Å²) in [6.07, 6.45) is 2.33. The van der Waals surface area contributed by atoms with Crippen molar-refractivity contribution in [2.45, 2.75) is 31.8 Å². The lowest BCUT2D eigenvalue weighted by atomic mass is 9.87. The first-order valence-electron chi connectivity index (χ1n) is 6.74. The van der Waals surface area contributed by atoms with Crippen LogP contribution >= 0.6 is 0 Å². The van der Waals surface area contributed by atoms with E-state index in [2.05, 4.69) is 19.1 Å². The molecule has 98 valence electrons. The molecule has 0 aliphatic heterocycles. The summed E-state index contributed by atoms with van der Waals surface area (Å²) in [5.74, 6) is -0.232. The van der Waals surface area contributed by atoms with Crippen molar-refractivity contribution < 1.29 is 9.50 Å². The summed E-state index contributed by atoms with van der Waals surface area (Å²) >= 11 is 0. The van der Waals surface area contributed by atoms with Crippen LogP contribution in [0, 0.1) is 5.82 Å². The zero-order chi connectivity index (χ0) is 13.5. The van der Waals surface area contributed by atoms with E-state index in [0.29, 0.717) is 6.42 Å². The summed E-state index contributed by atoms with van der Waals surface area (Å²) in [5.41, 5.74) is 2.95. The molecule has 2 aromatic rings. The van der Waals surface area contributed by atoms with Crippen LogP contribution in [0.3, 0.4) is 0 Å². The van der Waals surface area contributed by atoms with Gasteiger partial charge in [-0.1, -0.05) is 37.3 Å². The highest BCUT2D eigenvalue weighted by Crippen LogP contribution is 2.42. The number of hydrogen-bond donors (Lipinski definition) is 1. The van der Waals surface area contributed by atoms with E-state index in [1.54, 1.807) is 6.07 Å². The first-order chi connectivity index (χ1) is 9.13. The molecule has 0 bridgehead atoms. The molecule has 3 rings (SSSR count). The number of benzene rings is 2. The minimum absolute atomic E-state index is 0.232. The number of rotatable bonds is 2. The van der Waals surface area contributed by atoms with Crippen LogP contribution in [0.25, 0.3) is 0 Å². The molecule has 1 unspecified atom stereocenters. The van der Waals surface area contributed by atoms with Gasteiger partial charge in [0.25, 0.3) is 0 Å². The van der Waals surface area contributed by atoms with Gasteiger partial charge in [0.2, 0.25) is 0 Å². The van der Waals surface area contributed by atoms with Gasteiger partial charge in [-0.15, -0.1) is 0 Å². The maximum absolute atomic E-state index is 13.2. The Balaban J connectivity index is 2.05. The van der Waals surface area contributed by atoms with Crippen LogP contribution in [0.5, 0.6) is 0 Å². The molecular weight excluding hydrogens is 239 g/mol. The fourth-order valence-corrected chi connectivity index (χ4v) is 2.94. The Bertz CT molecular complexity index is 603. The molecule has 1 nitrogen and oxygen atoms in total. The van der Waals surface area contributed by atoms with Crippen molar-refractivity contribution in [3.05, 3.63) is 70.5 Å². The molecule has 2 aromatic carbocycles. The van der Waals surface area contributed by atoms with E-state index in [9.17, 15) is 9.50 Å². The largest absolute Gasteiger partial charge is 0.380 e. The molecule has 2 heteroatoms. The molecule has 1 aliphatic carbocycles. The summed E-state index contributed by atoms with van der Waals surface area (Å²) in [6.45, 7) is 2.11. The number of hydrogen-bond acceptors (Lipinski definition) is 1. The molecule has 19 heavy (non-hydrogen) atoms. The van der Waals surface area contributed by atoms with E-state index in [1.807, 2.05) is 12.1 Å². The summed E-state index contributed by atoms with van der Waals surface area (Å²) < 4.78 is 13.2. The standard InChI is InChI=1S/C17H17FO/c1-2-12-3-5-14(6-4-12)17(19)10-9-13-11-15(18)7-8-16(13)17/h3-8,11,19H,2,9-10H2,1H3. The smallest absolute Gasteiger partial charge is 0.123 e. The van der Waals surface area contributed by atoms with Gasteiger partial charge in [-0.25, -0.2) is 4.39 Å². The molecule has 0 amide bonds. The lowest BCUT2D eigenvalue weighted by molar-refractivity contribution is 0.0829. The monoisotopic (exact) mass is 256 g/mol. The fraction of sp³-hybridized carbons (Fsp3) is 0.294. The Labute approximate surface area is 112 Å². The fourth-order valence-electron chi connectivity index (χ4n) is 2.94. The number of fused-ring (bicyclic) bond motifs is 1. The Morgan fingerprint density at radius 1 is 1.16 bits per heavy atom. The third-order valence-electron chi connectivity index (χ3n) is 4.11. The van der Waals surface area contributed by atoms with Crippen molar-refractivity contribution in [2.75, 3.05) is 0 Å². The predicted octanol–water partition coefficient (Wildman–Crippen LogP) is 3.57. The summed E-state index contributed by atoms with van der Waals surface area (Å²) in [5, 5.41) is 10.9. The molecule has 0 saturated carbocycles. The van der Waals surface area contributed by atoms with Crippen LogP contribution in [0.15, 0.2) is 42.5 Å². The van der Waals surface area contributed by atoms with Gasteiger partial charge in [-0.2, -0.15) is 0 Å². The lowest BCUT2D eigenvalue weighted by Gasteiger charge is -2.25. The first-order valence-corrected chi connectivity index (χ1v) is 6.74. The van der Waals surface area contributed by atoms with Crippen molar-refractivity contribution in [2.24, 2.45) is 0 Å². The summed E-state index contributed by atoms with van der Waals surface area (Å²) in [4.78, 5) is 0. The predicted molar refractivity (Wildman–Crippen MR) is 73.5 cm³/mol. The minimum Gasteiger partial charge on any atom is -0.380 e. The van der Waals surface area contributed by atoms with E-state index >= 15 is 0 Å². The Kier molecular flexibility index (Phi) is 2.90. The lowest BCUT2D eigenvalue weighted by Crippen LogP contribution is -2.23. The van der Waals surface area contributed by atoms with Crippen molar-refractivity contribution in [1.82, 2.24) is 0 Å². The summed E-state index contributed by atoms with van der Waals surface area (Å²) in [6, 6.07) is 12.7. The highest BCUT2D eigenvalue weighted by Gasteiger charge is 2.38. The molecule has 0 heterocycles. The quantitative estimate of drug-likeness (QED) is 0.871. The Morgan fingerprint density at radius 3 is 2.58 bits per heavy atom. The van der Waals surface area contributed by atoms with E-state index < -0.39 is 5.60 Å². The second kappa shape index (κ2) is 4.46. The highest BCUT2D eigenvalue weighted by atomic mass is 19.1. The van der Waals surface area contributed by atoms with Crippen molar-refractivity contribution in [1.29, 1.82) is 0 Å². The maximum atomic E-state index is 13.2. The normalized spacial score (nSPS) is 21.4. The average Bonchev–Trinajstić information content (AvgIpc) is 2.77. The van der Waals surface area contributed by atoms with Gasteiger partial charge in [-0.05, 0) is 53.6 Å². The van der Waals surface area contributed by atoms with Crippen LogP contribution < -0.4 is 0 Å². The molecular formula is C17H17FO. The van der Waals surface area contributed by atoms with Gasteiger partial charge in [0.05, 0.1) is 0 Å². The second-order valence-corrected chi connectivity index (χ2v) is 5.21. The minimum atomic E-state index is -0.963. The van der Waals surface area contributed by atoms with Crippen molar-refractivity contribution >= 4 is 0 Å². The van der Waals surface area contributed by atoms with E-state index in [-0.39, 0.29) is 5.82 Å². The molecule has 1 aliphatic rings. The van der Waals surface area contributed by atoms with Crippen LogP contribution in [-0.4, -0.2) is 5.11 Å². The molecule has 0 radical (unpaired) electrons. The Hall–Kier alpha value is -1.67. The Morgan fingerprint density at radius 2 is 1.89 bits per heavy atom. The van der Waals surface area contributed by atoms with Crippen LogP contribution in [0.1, 0.15) is 35.6 Å². The van der Waals surface area contributed by atoms with Crippen LogP contribution in [-0.2, 0) is 18.4 Å². The van der Waals surface area contributed by atoms with Gasteiger partial charge in [0, 0.05) is 0 Å². The zero-order valence-corrected chi connectivity index (χ0v) is 11.0. The van der Waals surface area contributed by atoms with Gasteiger partial charge in [-0.3, -0.25) is 0 Å². The topological polar surface area (TPSA) is 20.2 Å². The third kappa shape index (κ3) is 1.96. The van der Waals surface area contributed by atoms with Crippen LogP contribution in [0.4, 0.5) is 4.39 Å². The van der Waals surface area contributed by atoms with Gasteiger partial charge in [0.1, 0.15) is 11.4 Å². The second-order valence-electron chi connectivity index (χ2n) is 5.21. The van der Waals surface area contributed by atoms with Crippen LogP contribution in [0.2, 0.25) is 0 Å². The number of aliphatic hydroxyl groups is 1. The molecule has 1 atom stereocenters. The molecule has 0 fully saturated rings. The van der Waals surface area contributed by atoms with E-state index in [4.69, 9.17) is 0 Å². The maximum Gasteiger partial charge on any atom is 0.123 e. The highest BCUT2D eigenvalue weighted by molar-refractivity contribution is 5.45. The third-order valence-corrected chi connectivity index (χ3v) is 4.11. The van der Waals surface area contributed by atoms with Crippen molar-refractivity contribution in [3.8, 4) is 0 Å². The van der Waals surface area contributed by atoms with Crippen molar-refractivity contribution in [3.63, 3.8) is 0 Å². The molecule has 1 N–H and O–H groups in total. The summed E-state index contributed by atoms with van der Waals surface area (Å²) in [7, 11) is 0. The number of halogens is 1. The molecule has 0 aromatic heterocycles. The molecule has 0 spiro atoms. The van der Waals surface area contributed by atoms with E-state index in [0.717, 1.165) is 29.5 Å². The van der Waals surface area contributed by atoms with Gasteiger partial charge >= 0.3 is 0 Å². The number of aryl methyl sites for hydroxylation is 2.